The molecule has 0 unspecified atom stereocenters. The number of hydrogen-bond donors (Lipinski definition) is 4. The van der Waals surface area contributed by atoms with Crippen LogP contribution in [0.1, 0.15) is 41.3 Å². The molecule has 0 aliphatic heterocycles. The standard InChI is InChI=1S/C21H22N2O6/c24-17-13-11-15(12-14-17)18(9-5-2-6-10-19(25)23-28)29-21(27)22-20(26)16-7-3-1-4-8-16/h1,3-4,6-8,10-14,18,24,28H,2,5,9H2,(H,23,25)(H,22,26,27)/b10-6+/t18-/m1/s1. The molecule has 0 fully saturated rings. The zero-order valence-electron chi connectivity index (χ0n) is 15.6. The lowest BCUT2D eigenvalue weighted by atomic mass is 10.0. The molecule has 2 aromatic rings. The summed E-state index contributed by atoms with van der Waals surface area (Å²) in [5.41, 5.74) is 2.48. The van der Waals surface area contributed by atoms with Crippen molar-refractivity contribution in [3.05, 3.63) is 77.9 Å². The highest BCUT2D eigenvalue weighted by atomic mass is 16.6. The smallest absolute Gasteiger partial charge is 0.414 e. The number of hydrogen-bond acceptors (Lipinski definition) is 6. The van der Waals surface area contributed by atoms with Crippen LogP contribution in [0.4, 0.5) is 4.79 Å². The first-order chi connectivity index (χ1) is 14.0. The number of ether oxygens (including phenoxy) is 1. The van der Waals surface area contributed by atoms with Crippen LogP contribution in [0.15, 0.2) is 66.7 Å². The molecule has 0 saturated carbocycles. The molecule has 0 radical (unpaired) electrons. The number of allylic oxidation sites excluding steroid dienone is 1. The Bertz CT molecular complexity index is 849. The van der Waals surface area contributed by atoms with Gasteiger partial charge in [0.15, 0.2) is 0 Å². The van der Waals surface area contributed by atoms with Crippen molar-refractivity contribution < 1.29 is 29.4 Å². The molecule has 0 aliphatic carbocycles. The number of carbonyl (C=O) groups excluding carboxylic acids is 3. The highest BCUT2D eigenvalue weighted by molar-refractivity contribution is 6.02. The Balaban J connectivity index is 1.98. The molecule has 8 heteroatoms. The number of rotatable bonds is 8. The average molecular weight is 398 g/mol. The quantitative estimate of drug-likeness (QED) is 0.234. The minimum Gasteiger partial charge on any atom is -0.508 e. The fraction of sp³-hybridized carbons (Fsp3) is 0.190. The number of phenols is 1. The highest BCUT2D eigenvalue weighted by Gasteiger charge is 2.19. The number of alkyl carbamates (subject to hydrolysis) is 1. The van der Waals surface area contributed by atoms with Crippen molar-refractivity contribution in [1.82, 2.24) is 10.8 Å². The van der Waals surface area contributed by atoms with Crippen molar-refractivity contribution in [3.63, 3.8) is 0 Å². The molecule has 29 heavy (non-hydrogen) atoms. The van der Waals surface area contributed by atoms with E-state index in [1.54, 1.807) is 48.5 Å². The number of benzene rings is 2. The van der Waals surface area contributed by atoms with Gasteiger partial charge in [0, 0.05) is 11.6 Å². The van der Waals surface area contributed by atoms with Gasteiger partial charge in [-0.05, 0) is 49.1 Å². The number of aromatic hydroxyl groups is 1. The summed E-state index contributed by atoms with van der Waals surface area (Å²) in [5, 5.41) is 20.1. The fourth-order valence-electron chi connectivity index (χ4n) is 2.54. The van der Waals surface area contributed by atoms with Gasteiger partial charge in [-0.3, -0.25) is 20.1 Å². The van der Waals surface area contributed by atoms with Crippen molar-refractivity contribution in [1.29, 1.82) is 0 Å². The van der Waals surface area contributed by atoms with Crippen molar-refractivity contribution in [3.8, 4) is 5.75 Å². The lowest BCUT2D eigenvalue weighted by Crippen LogP contribution is -2.32. The fourth-order valence-corrected chi connectivity index (χ4v) is 2.54. The Morgan fingerprint density at radius 1 is 1.03 bits per heavy atom. The molecule has 0 saturated heterocycles. The Morgan fingerprint density at radius 2 is 1.72 bits per heavy atom. The first kappa shape index (κ1) is 21.6. The van der Waals surface area contributed by atoms with E-state index in [-0.39, 0.29) is 5.75 Å². The van der Waals surface area contributed by atoms with Gasteiger partial charge in [-0.1, -0.05) is 36.4 Å². The molecule has 2 aromatic carbocycles. The van der Waals surface area contributed by atoms with Gasteiger partial charge < -0.3 is 9.84 Å². The van der Waals surface area contributed by atoms with Gasteiger partial charge in [-0.25, -0.2) is 10.3 Å². The number of hydroxylamine groups is 1. The average Bonchev–Trinajstić information content (AvgIpc) is 2.73. The van der Waals surface area contributed by atoms with Crippen LogP contribution in [0.2, 0.25) is 0 Å². The predicted molar refractivity (Wildman–Crippen MR) is 104 cm³/mol. The van der Waals surface area contributed by atoms with Crippen LogP contribution >= 0.6 is 0 Å². The molecule has 1 atom stereocenters. The van der Waals surface area contributed by atoms with E-state index in [9.17, 15) is 19.5 Å². The summed E-state index contributed by atoms with van der Waals surface area (Å²) >= 11 is 0. The molecule has 0 heterocycles. The minimum absolute atomic E-state index is 0.0779. The lowest BCUT2D eigenvalue weighted by molar-refractivity contribution is -0.124. The summed E-state index contributed by atoms with van der Waals surface area (Å²) in [6.07, 6.45) is 2.74. The molecule has 0 spiro atoms. The Labute approximate surface area is 167 Å². The van der Waals surface area contributed by atoms with Gasteiger partial charge >= 0.3 is 6.09 Å². The summed E-state index contributed by atoms with van der Waals surface area (Å²) in [6.45, 7) is 0. The van der Waals surface area contributed by atoms with Crippen molar-refractivity contribution >= 4 is 17.9 Å². The van der Waals surface area contributed by atoms with E-state index in [1.165, 1.54) is 23.7 Å². The largest absolute Gasteiger partial charge is 0.508 e. The molecule has 3 amide bonds. The second-order valence-electron chi connectivity index (χ2n) is 6.11. The number of unbranched alkanes of at least 4 members (excludes halogenated alkanes) is 1. The molecule has 4 N–H and O–H groups in total. The second kappa shape index (κ2) is 11.3. The minimum atomic E-state index is -0.882. The zero-order valence-corrected chi connectivity index (χ0v) is 15.6. The number of carbonyl (C=O) groups is 3. The zero-order chi connectivity index (χ0) is 21.1. The van der Waals surface area contributed by atoms with E-state index in [0.29, 0.717) is 30.4 Å². The second-order valence-corrected chi connectivity index (χ2v) is 6.11. The molecule has 0 aliphatic rings. The molecule has 0 bridgehead atoms. The van der Waals surface area contributed by atoms with Crippen molar-refractivity contribution in [2.45, 2.75) is 25.4 Å². The number of nitrogens with one attached hydrogen (secondary N) is 2. The van der Waals surface area contributed by atoms with Crippen molar-refractivity contribution in [2.75, 3.05) is 0 Å². The third-order valence-electron chi connectivity index (χ3n) is 3.98. The van der Waals surface area contributed by atoms with E-state index in [2.05, 4.69) is 5.32 Å². The maximum Gasteiger partial charge on any atom is 0.414 e. The predicted octanol–water partition coefficient (Wildman–Crippen LogP) is 3.23. The van der Waals surface area contributed by atoms with Crippen molar-refractivity contribution in [2.24, 2.45) is 0 Å². The van der Waals surface area contributed by atoms with Crippen LogP contribution in [0.3, 0.4) is 0 Å². The summed E-state index contributed by atoms with van der Waals surface area (Å²) in [6, 6.07) is 14.5. The molecular weight excluding hydrogens is 376 g/mol. The molecule has 0 aromatic heterocycles. The number of amides is 3. The summed E-state index contributed by atoms with van der Waals surface area (Å²) < 4.78 is 5.42. The summed E-state index contributed by atoms with van der Waals surface area (Å²) in [4.78, 5) is 35.2. The maximum absolute atomic E-state index is 12.2. The molecule has 2 rings (SSSR count). The third kappa shape index (κ3) is 7.47. The van der Waals surface area contributed by atoms with E-state index in [0.717, 1.165) is 0 Å². The van der Waals surface area contributed by atoms with Crippen LogP contribution in [0.25, 0.3) is 0 Å². The SMILES string of the molecule is O=C(/C=C/CCC[C@@H](OC(=O)NC(=O)c1ccccc1)c1ccc(O)cc1)NO. The van der Waals surface area contributed by atoms with Crippen LogP contribution in [0.5, 0.6) is 5.75 Å². The van der Waals surface area contributed by atoms with Crippen LogP contribution < -0.4 is 10.8 Å². The first-order valence-corrected chi connectivity index (χ1v) is 8.96. The van der Waals surface area contributed by atoms with E-state index >= 15 is 0 Å². The van der Waals surface area contributed by atoms with Crippen LogP contribution in [-0.4, -0.2) is 28.2 Å². The molecule has 152 valence electrons. The summed E-state index contributed by atoms with van der Waals surface area (Å²) in [7, 11) is 0. The summed E-state index contributed by atoms with van der Waals surface area (Å²) in [5.74, 6) is -1.12. The highest BCUT2D eigenvalue weighted by Crippen LogP contribution is 2.25. The van der Waals surface area contributed by atoms with E-state index in [1.807, 2.05) is 0 Å². The number of phenolic OH excluding ortho intramolecular Hbond substituents is 1. The van der Waals surface area contributed by atoms with Crippen LogP contribution in [0, 0.1) is 0 Å². The Morgan fingerprint density at radius 3 is 2.38 bits per heavy atom. The maximum atomic E-state index is 12.2. The van der Waals surface area contributed by atoms with Gasteiger partial charge in [-0.15, -0.1) is 0 Å². The monoisotopic (exact) mass is 398 g/mol. The van der Waals surface area contributed by atoms with Gasteiger partial charge in [0.2, 0.25) is 0 Å². The first-order valence-electron chi connectivity index (χ1n) is 8.96. The van der Waals surface area contributed by atoms with Gasteiger partial charge in [0.25, 0.3) is 11.8 Å². The molecular formula is C21H22N2O6. The topological polar surface area (TPSA) is 125 Å². The van der Waals surface area contributed by atoms with E-state index < -0.39 is 24.0 Å². The van der Waals surface area contributed by atoms with Gasteiger partial charge in [0.05, 0.1) is 0 Å². The van der Waals surface area contributed by atoms with Gasteiger partial charge in [0.1, 0.15) is 11.9 Å². The third-order valence-corrected chi connectivity index (χ3v) is 3.98. The lowest BCUT2D eigenvalue weighted by Gasteiger charge is -2.18. The Hall–Kier alpha value is -3.65. The molecule has 8 nitrogen and oxygen atoms in total. The number of imide groups is 1. The van der Waals surface area contributed by atoms with E-state index in [4.69, 9.17) is 9.94 Å². The Kier molecular flexibility index (Phi) is 8.40. The van der Waals surface area contributed by atoms with Gasteiger partial charge in [-0.2, -0.15) is 0 Å². The van der Waals surface area contributed by atoms with Crippen LogP contribution in [-0.2, 0) is 9.53 Å². The normalized spacial score (nSPS) is 11.6.